The number of pyridine rings is 1. The van der Waals surface area contributed by atoms with Gasteiger partial charge in [-0.3, -0.25) is 14.7 Å². The maximum Gasteiger partial charge on any atom is 0.238 e. The summed E-state index contributed by atoms with van der Waals surface area (Å²) in [5.41, 5.74) is 0.726. The highest BCUT2D eigenvalue weighted by molar-refractivity contribution is 5.92. The number of carbonyl (C=O) groups is 1. The third-order valence-electron chi connectivity index (χ3n) is 3.52. The molecule has 7 heteroatoms. The van der Waals surface area contributed by atoms with Gasteiger partial charge in [0.25, 0.3) is 0 Å². The Morgan fingerprint density at radius 3 is 2.55 bits per heavy atom. The first-order valence-corrected chi connectivity index (χ1v) is 7.25. The number of anilines is 2. The number of hydrogen-bond acceptors (Lipinski definition) is 6. The standard InChI is InChI=1S/C15H18N6O/c22-14(19-13-3-1-4-16-11-13)12-20-7-9-21(10-8-20)15-17-5-2-6-18-15/h1-6,11H,7-10,12H2,(H,19,22). The lowest BCUT2D eigenvalue weighted by molar-refractivity contribution is -0.117. The first-order chi connectivity index (χ1) is 10.8. The quantitative estimate of drug-likeness (QED) is 0.892. The molecule has 1 aliphatic heterocycles. The van der Waals surface area contributed by atoms with Crippen molar-refractivity contribution in [3.05, 3.63) is 43.0 Å². The fraction of sp³-hybridized carbons (Fsp3) is 0.333. The van der Waals surface area contributed by atoms with Crippen molar-refractivity contribution >= 4 is 17.5 Å². The molecule has 114 valence electrons. The largest absolute Gasteiger partial charge is 0.338 e. The maximum atomic E-state index is 12.0. The zero-order valence-electron chi connectivity index (χ0n) is 12.2. The number of amides is 1. The third kappa shape index (κ3) is 3.76. The number of rotatable bonds is 4. The van der Waals surface area contributed by atoms with Gasteiger partial charge in [0.1, 0.15) is 0 Å². The fourth-order valence-corrected chi connectivity index (χ4v) is 2.40. The van der Waals surface area contributed by atoms with Gasteiger partial charge in [-0.05, 0) is 18.2 Å². The molecule has 0 spiro atoms. The highest BCUT2D eigenvalue weighted by atomic mass is 16.2. The highest BCUT2D eigenvalue weighted by Gasteiger charge is 2.20. The predicted molar refractivity (Wildman–Crippen MR) is 83.6 cm³/mol. The van der Waals surface area contributed by atoms with Crippen LogP contribution in [0.2, 0.25) is 0 Å². The second-order valence-electron chi connectivity index (χ2n) is 5.10. The van der Waals surface area contributed by atoms with Gasteiger partial charge in [-0.1, -0.05) is 0 Å². The highest BCUT2D eigenvalue weighted by Crippen LogP contribution is 2.10. The molecular formula is C15H18N6O. The van der Waals surface area contributed by atoms with E-state index in [2.05, 4.69) is 30.1 Å². The molecule has 0 unspecified atom stereocenters. The van der Waals surface area contributed by atoms with Crippen LogP contribution >= 0.6 is 0 Å². The summed E-state index contributed by atoms with van der Waals surface area (Å²) in [5.74, 6) is 0.736. The Kier molecular flexibility index (Phi) is 4.55. The van der Waals surface area contributed by atoms with E-state index in [1.165, 1.54) is 0 Å². The molecule has 1 N–H and O–H groups in total. The van der Waals surface area contributed by atoms with Crippen molar-refractivity contribution in [3.8, 4) is 0 Å². The number of piperazine rings is 1. The molecule has 0 atom stereocenters. The van der Waals surface area contributed by atoms with Gasteiger partial charge in [-0.15, -0.1) is 0 Å². The minimum Gasteiger partial charge on any atom is -0.338 e. The Bertz CT molecular complexity index is 598. The number of carbonyl (C=O) groups excluding carboxylic acids is 1. The first kappa shape index (κ1) is 14.4. The smallest absolute Gasteiger partial charge is 0.238 e. The molecule has 1 saturated heterocycles. The Morgan fingerprint density at radius 1 is 1.09 bits per heavy atom. The summed E-state index contributed by atoms with van der Waals surface area (Å²) < 4.78 is 0. The van der Waals surface area contributed by atoms with Crippen molar-refractivity contribution in [1.82, 2.24) is 19.9 Å². The average molecular weight is 298 g/mol. The lowest BCUT2D eigenvalue weighted by Crippen LogP contribution is -2.49. The van der Waals surface area contributed by atoms with Gasteiger partial charge >= 0.3 is 0 Å². The molecule has 2 aromatic rings. The van der Waals surface area contributed by atoms with Crippen LogP contribution in [0.15, 0.2) is 43.0 Å². The zero-order valence-corrected chi connectivity index (χ0v) is 12.2. The molecular weight excluding hydrogens is 280 g/mol. The van der Waals surface area contributed by atoms with Gasteiger partial charge in [-0.2, -0.15) is 0 Å². The van der Waals surface area contributed by atoms with Crippen LogP contribution in [-0.4, -0.2) is 58.5 Å². The molecule has 1 fully saturated rings. The molecule has 0 aliphatic carbocycles. The molecule has 22 heavy (non-hydrogen) atoms. The Balaban J connectivity index is 1.47. The van der Waals surface area contributed by atoms with Gasteiger partial charge < -0.3 is 10.2 Å². The summed E-state index contributed by atoms with van der Waals surface area (Å²) in [6.07, 6.45) is 6.81. The Labute approximate surface area is 129 Å². The van der Waals surface area contributed by atoms with Crippen LogP contribution < -0.4 is 10.2 Å². The van der Waals surface area contributed by atoms with Crippen LogP contribution in [0.5, 0.6) is 0 Å². The molecule has 1 amide bonds. The van der Waals surface area contributed by atoms with E-state index in [1.54, 1.807) is 30.9 Å². The monoisotopic (exact) mass is 298 g/mol. The normalized spacial score (nSPS) is 15.5. The molecule has 0 bridgehead atoms. The van der Waals surface area contributed by atoms with Crippen LogP contribution in [0.1, 0.15) is 0 Å². The third-order valence-corrected chi connectivity index (χ3v) is 3.52. The molecule has 2 aromatic heterocycles. The van der Waals surface area contributed by atoms with Crippen molar-refractivity contribution in [1.29, 1.82) is 0 Å². The Morgan fingerprint density at radius 2 is 1.86 bits per heavy atom. The summed E-state index contributed by atoms with van der Waals surface area (Å²) in [4.78, 5) is 28.8. The van der Waals surface area contributed by atoms with Crippen LogP contribution in [0.25, 0.3) is 0 Å². The topological polar surface area (TPSA) is 74.2 Å². The van der Waals surface area contributed by atoms with Gasteiger partial charge in [0.05, 0.1) is 18.4 Å². The van der Waals surface area contributed by atoms with E-state index in [9.17, 15) is 4.79 Å². The van der Waals surface area contributed by atoms with Crippen molar-refractivity contribution in [2.75, 3.05) is 42.9 Å². The van der Waals surface area contributed by atoms with E-state index in [-0.39, 0.29) is 5.91 Å². The van der Waals surface area contributed by atoms with Crippen LogP contribution in [-0.2, 0) is 4.79 Å². The number of nitrogens with one attached hydrogen (secondary N) is 1. The van der Waals surface area contributed by atoms with Gasteiger partial charge in [0.15, 0.2) is 0 Å². The van der Waals surface area contributed by atoms with Crippen molar-refractivity contribution < 1.29 is 4.79 Å². The maximum absolute atomic E-state index is 12.0. The van der Waals surface area contributed by atoms with E-state index in [1.807, 2.05) is 12.1 Å². The summed E-state index contributed by atoms with van der Waals surface area (Å²) >= 11 is 0. The minimum absolute atomic E-state index is 0.0163. The van der Waals surface area contributed by atoms with Crippen LogP contribution in [0.4, 0.5) is 11.6 Å². The van der Waals surface area contributed by atoms with Crippen molar-refractivity contribution in [2.24, 2.45) is 0 Å². The zero-order chi connectivity index (χ0) is 15.2. The van der Waals surface area contributed by atoms with E-state index >= 15 is 0 Å². The summed E-state index contributed by atoms with van der Waals surface area (Å²) in [5, 5.41) is 2.85. The second kappa shape index (κ2) is 6.95. The predicted octanol–water partition coefficient (Wildman–Crippen LogP) is 0.632. The number of hydrogen-bond donors (Lipinski definition) is 1. The SMILES string of the molecule is O=C(CN1CCN(c2ncccn2)CC1)Nc1cccnc1. The first-order valence-electron chi connectivity index (χ1n) is 7.25. The lowest BCUT2D eigenvalue weighted by atomic mass is 10.3. The van der Waals surface area contributed by atoms with E-state index in [0.29, 0.717) is 6.54 Å². The summed E-state index contributed by atoms with van der Waals surface area (Å²) in [6, 6.07) is 5.44. The Hall–Kier alpha value is -2.54. The van der Waals surface area contributed by atoms with Gasteiger partial charge in [0, 0.05) is 44.8 Å². The summed E-state index contributed by atoms with van der Waals surface area (Å²) in [7, 11) is 0. The summed E-state index contributed by atoms with van der Waals surface area (Å²) in [6.45, 7) is 3.67. The number of aromatic nitrogens is 3. The molecule has 3 heterocycles. The van der Waals surface area contributed by atoms with Crippen molar-refractivity contribution in [3.63, 3.8) is 0 Å². The molecule has 3 rings (SSSR count). The van der Waals surface area contributed by atoms with E-state index < -0.39 is 0 Å². The lowest BCUT2D eigenvalue weighted by Gasteiger charge is -2.34. The van der Waals surface area contributed by atoms with Gasteiger partial charge in [0.2, 0.25) is 11.9 Å². The van der Waals surface area contributed by atoms with Crippen LogP contribution in [0, 0.1) is 0 Å². The fourth-order valence-electron chi connectivity index (χ4n) is 2.40. The molecule has 0 aromatic carbocycles. The number of nitrogens with zero attached hydrogens (tertiary/aromatic N) is 5. The molecule has 7 nitrogen and oxygen atoms in total. The molecule has 1 aliphatic rings. The average Bonchev–Trinajstić information content (AvgIpc) is 2.57. The van der Waals surface area contributed by atoms with Gasteiger partial charge in [-0.25, -0.2) is 9.97 Å². The second-order valence-corrected chi connectivity index (χ2v) is 5.10. The van der Waals surface area contributed by atoms with Crippen molar-refractivity contribution in [2.45, 2.75) is 0 Å². The van der Waals surface area contributed by atoms with Crippen LogP contribution in [0.3, 0.4) is 0 Å². The van der Waals surface area contributed by atoms with E-state index in [4.69, 9.17) is 0 Å². The molecule has 0 radical (unpaired) electrons. The van der Waals surface area contributed by atoms with E-state index in [0.717, 1.165) is 37.8 Å². The molecule has 0 saturated carbocycles. The minimum atomic E-state index is -0.0163.